The van der Waals surface area contributed by atoms with E-state index in [1.807, 2.05) is 18.3 Å². The highest BCUT2D eigenvalue weighted by Gasteiger charge is 2.26. The zero-order valence-corrected chi connectivity index (χ0v) is 16.9. The van der Waals surface area contributed by atoms with Gasteiger partial charge in [-0.1, -0.05) is 6.07 Å². The topological polar surface area (TPSA) is 119 Å². The van der Waals surface area contributed by atoms with Crippen LogP contribution in [0.4, 0.5) is 5.69 Å². The Morgan fingerprint density at radius 1 is 1.32 bits per heavy atom. The van der Waals surface area contributed by atoms with E-state index in [2.05, 4.69) is 25.5 Å². The summed E-state index contributed by atoms with van der Waals surface area (Å²) in [5, 5.41) is 20.6. The number of hydrogen-bond donors (Lipinski definition) is 2. The minimum Gasteiger partial charge on any atom is -0.494 e. The Morgan fingerprint density at radius 3 is 2.97 bits per heavy atom. The summed E-state index contributed by atoms with van der Waals surface area (Å²) in [6.45, 7) is 0.308. The number of anilines is 1. The molecule has 1 aliphatic rings. The molecule has 1 amide bonds. The van der Waals surface area contributed by atoms with Crippen molar-refractivity contribution in [3.05, 3.63) is 54.2 Å². The first kappa shape index (κ1) is 19.2. The van der Waals surface area contributed by atoms with Crippen LogP contribution in [0.2, 0.25) is 0 Å². The van der Waals surface area contributed by atoms with Gasteiger partial charge in [0.2, 0.25) is 0 Å². The average Bonchev–Trinajstić information content (AvgIpc) is 3.38. The molecule has 3 aromatic heterocycles. The highest BCUT2D eigenvalue weighted by Crippen LogP contribution is 2.39. The van der Waals surface area contributed by atoms with Gasteiger partial charge in [-0.3, -0.25) is 9.48 Å². The smallest absolute Gasteiger partial charge is 0.261 e. The molecule has 10 heteroatoms. The lowest BCUT2D eigenvalue weighted by molar-refractivity contribution is 0.102. The van der Waals surface area contributed by atoms with Gasteiger partial charge in [0.05, 0.1) is 37.7 Å². The maximum atomic E-state index is 13.1. The van der Waals surface area contributed by atoms with Crippen molar-refractivity contribution in [1.29, 1.82) is 0 Å². The largest absolute Gasteiger partial charge is 0.494 e. The monoisotopic (exact) mass is 419 g/mol. The van der Waals surface area contributed by atoms with Crippen LogP contribution in [0.25, 0.3) is 17.0 Å². The predicted octanol–water partition coefficient (Wildman–Crippen LogP) is 2.12. The van der Waals surface area contributed by atoms with Crippen LogP contribution in [-0.2, 0) is 6.54 Å². The molecule has 0 atom stereocenters. The van der Waals surface area contributed by atoms with Crippen molar-refractivity contribution in [1.82, 2.24) is 29.4 Å². The zero-order valence-electron chi connectivity index (χ0n) is 16.9. The Bertz CT molecular complexity index is 1260. The second kappa shape index (κ2) is 7.80. The SMILES string of the molecule is COc1c(NC(=O)c2cnn3ccc(C4CC4)nc23)cccc1-c1ncn(CCO)n1. The highest BCUT2D eigenvalue weighted by molar-refractivity contribution is 6.09. The van der Waals surface area contributed by atoms with Crippen LogP contribution in [0.1, 0.15) is 34.8 Å². The number of aliphatic hydroxyl groups excluding tert-OH is 1. The number of carbonyl (C=O) groups is 1. The summed E-state index contributed by atoms with van der Waals surface area (Å²) in [7, 11) is 1.53. The van der Waals surface area contributed by atoms with E-state index in [-0.39, 0.29) is 12.5 Å². The Balaban J connectivity index is 1.46. The second-order valence-corrected chi connectivity index (χ2v) is 7.35. The van der Waals surface area contributed by atoms with Gasteiger partial charge in [0.1, 0.15) is 11.9 Å². The molecule has 1 saturated carbocycles. The number of nitrogens with one attached hydrogen (secondary N) is 1. The van der Waals surface area contributed by atoms with Crippen LogP contribution in [-0.4, -0.2) is 54.1 Å². The predicted molar refractivity (Wildman–Crippen MR) is 112 cm³/mol. The molecule has 1 aromatic carbocycles. The molecule has 31 heavy (non-hydrogen) atoms. The molecule has 4 aromatic rings. The molecule has 0 unspecified atom stereocenters. The van der Waals surface area contributed by atoms with Gasteiger partial charge in [0.15, 0.2) is 17.2 Å². The molecule has 0 aliphatic heterocycles. The summed E-state index contributed by atoms with van der Waals surface area (Å²) in [5.41, 5.74) is 3.03. The van der Waals surface area contributed by atoms with Crippen molar-refractivity contribution < 1.29 is 14.6 Å². The molecule has 0 bridgehead atoms. The Kier molecular flexibility index (Phi) is 4.83. The summed E-state index contributed by atoms with van der Waals surface area (Å²) in [5.74, 6) is 1.03. The fraction of sp³-hybridized carbons (Fsp3) is 0.286. The van der Waals surface area contributed by atoms with Crippen molar-refractivity contribution in [2.24, 2.45) is 0 Å². The lowest BCUT2D eigenvalue weighted by Crippen LogP contribution is -2.13. The van der Waals surface area contributed by atoms with Gasteiger partial charge in [0.25, 0.3) is 5.91 Å². The maximum Gasteiger partial charge on any atom is 0.261 e. The molecule has 0 radical (unpaired) electrons. The lowest BCUT2D eigenvalue weighted by atomic mass is 10.1. The third kappa shape index (κ3) is 3.61. The number of fused-ring (bicyclic) bond motifs is 1. The van der Waals surface area contributed by atoms with Gasteiger partial charge in [-0.15, -0.1) is 0 Å². The molecule has 1 aliphatic carbocycles. The van der Waals surface area contributed by atoms with Crippen LogP contribution < -0.4 is 10.1 Å². The number of carbonyl (C=O) groups excluding carboxylic acids is 1. The molecular formula is C21H21N7O3. The summed E-state index contributed by atoms with van der Waals surface area (Å²) in [4.78, 5) is 22.0. The van der Waals surface area contributed by atoms with E-state index in [9.17, 15) is 4.79 Å². The van der Waals surface area contributed by atoms with E-state index in [4.69, 9.17) is 9.84 Å². The van der Waals surface area contributed by atoms with E-state index < -0.39 is 0 Å². The highest BCUT2D eigenvalue weighted by atomic mass is 16.5. The standard InChI is InChI=1S/C21H21N7O3/c1-31-18-14(19-22-12-27(26-19)9-10-29)3-2-4-17(18)25-21(30)15-11-23-28-8-7-16(13-5-6-13)24-20(15)28/h2-4,7-8,11-13,29H,5-6,9-10H2,1H3,(H,25,30). The number of hydrogen-bond acceptors (Lipinski definition) is 7. The summed E-state index contributed by atoms with van der Waals surface area (Å²) < 4.78 is 8.72. The minimum atomic E-state index is -0.329. The van der Waals surface area contributed by atoms with Gasteiger partial charge in [-0.05, 0) is 31.0 Å². The van der Waals surface area contributed by atoms with E-state index in [1.165, 1.54) is 13.3 Å². The fourth-order valence-electron chi connectivity index (χ4n) is 3.50. The quantitative estimate of drug-likeness (QED) is 0.471. The van der Waals surface area contributed by atoms with E-state index in [1.54, 1.807) is 27.7 Å². The van der Waals surface area contributed by atoms with Gasteiger partial charge < -0.3 is 15.2 Å². The molecule has 2 N–H and O–H groups in total. The number of rotatable bonds is 7. The van der Waals surface area contributed by atoms with Crippen LogP contribution >= 0.6 is 0 Å². The maximum absolute atomic E-state index is 13.1. The van der Waals surface area contributed by atoms with E-state index in [0.717, 1.165) is 18.5 Å². The molecule has 0 spiro atoms. The van der Waals surface area contributed by atoms with Gasteiger partial charge >= 0.3 is 0 Å². The lowest BCUT2D eigenvalue weighted by Gasteiger charge is -2.12. The summed E-state index contributed by atoms with van der Waals surface area (Å²) in [6, 6.07) is 7.31. The third-order valence-electron chi connectivity index (χ3n) is 5.20. The van der Waals surface area contributed by atoms with Crippen LogP contribution in [0.3, 0.4) is 0 Å². The molecule has 10 nitrogen and oxygen atoms in total. The first-order valence-electron chi connectivity index (χ1n) is 10.0. The number of aromatic nitrogens is 6. The van der Waals surface area contributed by atoms with Crippen LogP contribution in [0.5, 0.6) is 5.75 Å². The first-order chi connectivity index (χ1) is 15.2. The number of nitrogens with zero attached hydrogens (tertiary/aromatic N) is 6. The number of methoxy groups -OCH3 is 1. The van der Waals surface area contributed by atoms with Crippen molar-refractivity contribution in [2.75, 3.05) is 19.0 Å². The molecule has 0 saturated heterocycles. The van der Waals surface area contributed by atoms with Crippen molar-refractivity contribution >= 4 is 17.2 Å². The minimum absolute atomic E-state index is 0.0355. The second-order valence-electron chi connectivity index (χ2n) is 7.35. The van der Waals surface area contributed by atoms with Gasteiger partial charge in [0, 0.05) is 17.8 Å². The summed E-state index contributed by atoms with van der Waals surface area (Å²) >= 11 is 0. The first-order valence-corrected chi connectivity index (χ1v) is 10.0. The molecule has 1 fully saturated rings. The van der Waals surface area contributed by atoms with Crippen LogP contribution in [0, 0.1) is 0 Å². The Labute approximate surface area is 177 Å². The zero-order chi connectivity index (χ0) is 21.4. The van der Waals surface area contributed by atoms with Crippen molar-refractivity contribution in [3.8, 4) is 17.1 Å². The number of benzene rings is 1. The van der Waals surface area contributed by atoms with Crippen molar-refractivity contribution in [3.63, 3.8) is 0 Å². The molecule has 158 valence electrons. The number of ether oxygens (including phenoxy) is 1. The average molecular weight is 419 g/mol. The molecular weight excluding hydrogens is 398 g/mol. The van der Waals surface area contributed by atoms with E-state index >= 15 is 0 Å². The van der Waals surface area contributed by atoms with Gasteiger partial charge in [-0.25, -0.2) is 14.5 Å². The Morgan fingerprint density at radius 2 is 2.19 bits per heavy atom. The van der Waals surface area contributed by atoms with Crippen molar-refractivity contribution in [2.45, 2.75) is 25.3 Å². The normalized spacial score (nSPS) is 13.5. The van der Waals surface area contributed by atoms with Gasteiger partial charge in [-0.2, -0.15) is 10.2 Å². The van der Waals surface area contributed by atoms with E-state index in [0.29, 0.717) is 46.5 Å². The summed E-state index contributed by atoms with van der Waals surface area (Å²) in [6.07, 6.45) is 7.15. The third-order valence-corrected chi connectivity index (χ3v) is 5.20. The number of para-hydroxylation sites is 1. The molecule has 3 heterocycles. The Hall–Kier alpha value is -3.79. The molecule has 5 rings (SSSR count). The fourth-order valence-corrected chi connectivity index (χ4v) is 3.50. The van der Waals surface area contributed by atoms with Crippen LogP contribution in [0.15, 0.2) is 43.0 Å². The number of aliphatic hydroxyl groups is 1. The number of amides is 1.